The Hall–Kier alpha value is -2.04. The molecule has 2 aromatic rings. The van der Waals surface area contributed by atoms with Crippen LogP contribution in [0.5, 0.6) is 0 Å². The summed E-state index contributed by atoms with van der Waals surface area (Å²) >= 11 is 12.5. The summed E-state index contributed by atoms with van der Waals surface area (Å²) in [6, 6.07) is 8.83. The van der Waals surface area contributed by atoms with E-state index in [1.807, 2.05) is 6.07 Å². The maximum atomic E-state index is 11.3. The maximum Gasteiger partial charge on any atom is 0.337 e. The fourth-order valence-corrected chi connectivity index (χ4v) is 4.57. The largest absolute Gasteiger partial charge is 0.478 e. The number of carboxylic acids is 1. The summed E-state index contributed by atoms with van der Waals surface area (Å²) in [6.07, 6.45) is 3.83. The second-order valence-corrected chi connectivity index (χ2v) is 9.04. The molecule has 2 aromatic carbocycles. The van der Waals surface area contributed by atoms with E-state index in [9.17, 15) is 9.90 Å². The molecule has 1 atom stereocenters. The zero-order valence-electron chi connectivity index (χ0n) is 17.2. The van der Waals surface area contributed by atoms with Crippen molar-refractivity contribution in [2.45, 2.75) is 52.0 Å². The first-order chi connectivity index (χ1) is 13.6. The number of hydrogen-bond acceptors (Lipinski definition) is 3. The minimum atomic E-state index is -1.08. The fourth-order valence-electron chi connectivity index (χ4n) is 4.17. The van der Waals surface area contributed by atoms with Gasteiger partial charge in [0, 0.05) is 29.5 Å². The van der Waals surface area contributed by atoms with Gasteiger partial charge in [0.05, 0.1) is 21.3 Å². The van der Waals surface area contributed by atoms with Gasteiger partial charge in [-0.1, -0.05) is 37.0 Å². The van der Waals surface area contributed by atoms with Crippen LogP contribution in [0.3, 0.4) is 0 Å². The zero-order valence-corrected chi connectivity index (χ0v) is 18.7. The van der Waals surface area contributed by atoms with E-state index in [0.717, 1.165) is 24.9 Å². The first-order valence-electron chi connectivity index (χ1n) is 9.82. The highest BCUT2D eigenvalue weighted by atomic mass is 35.5. The first-order valence-corrected chi connectivity index (χ1v) is 10.6. The maximum absolute atomic E-state index is 11.3. The highest BCUT2D eigenvalue weighted by molar-refractivity contribution is 6.34. The topological polar surface area (TPSA) is 52.9 Å². The number of aliphatic imine (C=N–C) groups is 1. The molecule has 0 aromatic heterocycles. The highest BCUT2D eigenvalue weighted by Crippen LogP contribution is 2.45. The standard InChI is InChI=1S/C23H26Cl2N2O2/c1-5-8-27-21-11-20(25)15(9-17(21)14(2)12-23(27,3)4)13-26-16-6-7-19(24)18(10-16)22(28)29/h6-7,9-11,13-14H,5,8,12H2,1-4H3,(H,28,29). The number of halogens is 2. The molecule has 1 aliphatic heterocycles. The molecule has 0 fully saturated rings. The van der Waals surface area contributed by atoms with Crippen LogP contribution in [-0.2, 0) is 0 Å². The molecular formula is C23H26Cl2N2O2. The van der Waals surface area contributed by atoms with E-state index in [0.29, 0.717) is 16.6 Å². The highest BCUT2D eigenvalue weighted by Gasteiger charge is 2.36. The molecule has 1 aliphatic rings. The van der Waals surface area contributed by atoms with Crippen molar-refractivity contribution in [1.29, 1.82) is 0 Å². The molecule has 0 aliphatic carbocycles. The van der Waals surface area contributed by atoms with Gasteiger partial charge in [0.2, 0.25) is 0 Å². The van der Waals surface area contributed by atoms with Crippen molar-refractivity contribution in [2.75, 3.05) is 11.4 Å². The van der Waals surface area contributed by atoms with E-state index in [2.05, 4.69) is 43.7 Å². The lowest BCUT2D eigenvalue weighted by Crippen LogP contribution is -2.48. The van der Waals surface area contributed by atoms with Gasteiger partial charge >= 0.3 is 5.97 Å². The number of aromatic carboxylic acids is 1. The van der Waals surface area contributed by atoms with Crippen LogP contribution in [0.2, 0.25) is 10.0 Å². The molecule has 3 rings (SSSR count). The third-order valence-corrected chi connectivity index (χ3v) is 6.14. The van der Waals surface area contributed by atoms with Crippen molar-refractivity contribution in [3.63, 3.8) is 0 Å². The average molecular weight is 433 g/mol. The number of benzene rings is 2. The zero-order chi connectivity index (χ0) is 21.3. The monoisotopic (exact) mass is 432 g/mol. The van der Waals surface area contributed by atoms with Crippen LogP contribution in [0.25, 0.3) is 0 Å². The predicted octanol–water partition coefficient (Wildman–Crippen LogP) is 6.94. The van der Waals surface area contributed by atoms with Crippen LogP contribution >= 0.6 is 23.2 Å². The van der Waals surface area contributed by atoms with Gasteiger partial charge in [-0.25, -0.2) is 4.79 Å². The summed E-state index contributed by atoms with van der Waals surface area (Å²) in [5.74, 6) is -0.669. The number of carbonyl (C=O) groups is 1. The molecule has 1 unspecified atom stereocenters. The first kappa shape index (κ1) is 21.7. The Morgan fingerprint density at radius 1 is 1.28 bits per heavy atom. The number of nitrogens with zero attached hydrogens (tertiary/aromatic N) is 2. The van der Waals surface area contributed by atoms with Gasteiger partial charge in [0.15, 0.2) is 0 Å². The van der Waals surface area contributed by atoms with Gasteiger partial charge in [-0.15, -0.1) is 0 Å². The number of anilines is 1. The molecular weight excluding hydrogens is 407 g/mol. The smallest absolute Gasteiger partial charge is 0.337 e. The Morgan fingerprint density at radius 3 is 2.66 bits per heavy atom. The minimum Gasteiger partial charge on any atom is -0.478 e. The van der Waals surface area contributed by atoms with Crippen molar-refractivity contribution in [3.8, 4) is 0 Å². The molecule has 1 heterocycles. The number of carboxylic acid groups (broad SMARTS) is 1. The normalized spacial score (nSPS) is 18.1. The average Bonchev–Trinajstić information content (AvgIpc) is 2.64. The number of rotatable bonds is 5. The molecule has 1 N–H and O–H groups in total. The van der Waals surface area contributed by atoms with Crippen LogP contribution in [0, 0.1) is 0 Å². The molecule has 0 bridgehead atoms. The van der Waals surface area contributed by atoms with Crippen molar-refractivity contribution in [3.05, 3.63) is 57.1 Å². The van der Waals surface area contributed by atoms with Crippen LogP contribution in [-0.4, -0.2) is 29.4 Å². The number of fused-ring (bicyclic) bond motifs is 1. The Balaban J connectivity index is 1.99. The summed E-state index contributed by atoms with van der Waals surface area (Å²) in [5, 5.41) is 10.1. The van der Waals surface area contributed by atoms with Gasteiger partial charge in [-0.3, -0.25) is 4.99 Å². The summed E-state index contributed by atoms with van der Waals surface area (Å²) in [4.78, 5) is 18.2. The predicted molar refractivity (Wildman–Crippen MR) is 122 cm³/mol. The SMILES string of the molecule is CCCN1c2cc(Cl)c(C=Nc3ccc(Cl)c(C(=O)O)c3)cc2C(C)CC1(C)C. The number of hydrogen-bond donors (Lipinski definition) is 1. The lowest BCUT2D eigenvalue weighted by atomic mass is 9.79. The second-order valence-electron chi connectivity index (χ2n) is 8.23. The van der Waals surface area contributed by atoms with Crippen molar-refractivity contribution in [1.82, 2.24) is 0 Å². The summed E-state index contributed by atoms with van der Waals surface area (Å²) in [5.41, 5.74) is 3.91. The van der Waals surface area contributed by atoms with E-state index in [-0.39, 0.29) is 16.1 Å². The Kier molecular flexibility index (Phi) is 6.25. The van der Waals surface area contributed by atoms with Crippen molar-refractivity contribution >= 4 is 46.8 Å². The van der Waals surface area contributed by atoms with Crippen LogP contribution in [0.15, 0.2) is 35.3 Å². The molecule has 0 amide bonds. The Bertz CT molecular complexity index is 970. The third-order valence-electron chi connectivity index (χ3n) is 5.48. The van der Waals surface area contributed by atoms with E-state index in [1.54, 1.807) is 18.3 Å². The van der Waals surface area contributed by atoms with E-state index >= 15 is 0 Å². The van der Waals surface area contributed by atoms with Gasteiger partial charge in [0.1, 0.15) is 0 Å². The second kappa shape index (κ2) is 8.37. The Morgan fingerprint density at radius 2 is 2.00 bits per heavy atom. The molecule has 4 nitrogen and oxygen atoms in total. The van der Waals surface area contributed by atoms with Crippen LogP contribution in [0.1, 0.15) is 67.9 Å². The lowest BCUT2D eigenvalue weighted by Gasteiger charge is -2.47. The van der Waals surface area contributed by atoms with E-state index in [1.165, 1.54) is 17.3 Å². The fraction of sp³-hybridized carbons (Fsp3) is 0.391. The van der Waals surface area contributed by atoms with E-state index < -0.39 is 5.97 Å². The quantitative estimate of drug-likeness (QED) is 0.520. The minimum absolute atomic E-state index is 0.0314. The van der Waals surface area contributed by atoms with Crippen molar-refractivity contribution < 1.29 is 9.90 Å². The lowest BCUT2D eigenvalue weighted by molar-refractivity contribution is 0.0697. The molecule has 0 radical (unpaired) electrons. The van der Waals surface area contributed by atoms with Crippen LogP contribution < -0.4 is 4.90 Å². The molecule has 0 saturated carbocycles. The van der Waals surface area contributed by atoms with E-state index in [4.69, 9.17) is 23.2 Å². The van der Waals surface area contributed by atoms with Gasteiger partial charge in [0.25, 0.3) is 0 Å². The third kappa shape index (κ3) is 4.44. The molecule has 6 heteroatoms. The van der Waals surface area contributed by atoms with Crippen molar-refractivity contribution in [2.24, 2.45) is 4.99 Å². The van der Waals surface area contributed by atoms with Gasteiger partial charge in [-0.2, -0.15) is 0 Å². The summed E-state index contributed by atoms with van der Waals surface area (Å²) in [6.45, 7) is 9.99. The van der Waals surface area contributed by atoms with Gasteiger partial charge < -0.3 is 10.0 Å². The summed E-state index contributed by atoms with van der Waals surface area (Å²) in [7, 11) is 0. The van der Waals surface area contributed by atoms with Gasteiger partial charge in [-0.05, 0) is 68.5 Å². The molecule has 0 saturated heterocycles. The molecule has 154 valence electrons. The molecule has 0 spiro atoms. The molecule has 29 heavy (non-hydrogen) atoms. The Labute approximate surface area is 182 Å². The van der Waals surface area contributed by atoms with Crippen LogP contribution in [0.4, 0.5) is 11.4 Å². The summed E-state index contributed by atoms with van der Waals surface area (Å²) < 4.78 is 0.